The highest BCUT2D eigenvalue weighted by Gasteiger charge is 2.23. The third-order valence-electron chi connectivity index (χ3n) is 6.96. The molecule has 0 saturated heterocycles. The molecule has 3 nitrogen and oxygen atoms in total. The number of aryl methyl sites for hydroxylation is 2. The Hall–Kier alpha value is -2.91. The lowest BCUT2D eigenvalue weighted by molar-refractivity contribution is 0.341. The summed E-state index contributed by atoms with van der Waals surface area (Å²) in [7, 11) is 0. The van der Waals surface area contributed by atoms with Crippen molar-refractivity contribution in [3.63, 3.8) is 0 Å². The zero-order valence-electron chi connectivity index (χ0n) is 19.2. The van der Waals surface area contributed by atoms with Crippen molar-refractivity contribution in [3.8, 4) is 11.3 Å². The molecule has 0 radical (unpaired) electrons. The second-order valence-electron chi connectivity index (χ2n) is 9.45. The number of fused-ring (bicyclic) bond motifs is 1. The summed E-state index contributed by atoms with van der Waals surface area (Å²) in [4.78, 5) is 8.05. The van der Waals surface area contributed by atoms with Gasteiger partial charge in [0.1, 0.15) is 0 Å². The first-order valence-electron chi connectivity index (χ1n) is 12.0. The number of benzene rings is 2. The number of rotatable bonds is 6. The minimum atomic E-state index is 0.587. The number of aromatic amines is 1. The molecular weight excluding hydrogens is 390 g/mol. The fourth-order valence-electron chi connectivity index (χ4n) is 5.52. The van der Waals surface area contributed by atoms with Crippen LogP contribution in [0.1, 0.15) is 53.9 Å². The van der Waals surface area contributed by atoms with Crippen LogP contribution >= 0.6 is 0 Å². The molecule has 2 aromatic carbocycles. The SMILES string of the molecule is Cc1cc(C)cc(-c2[nH]c3ccccc3c2CCNC2CCCC(c3cccnc3)C2)c1. The number of hydrogen-bond donors (Lipinski definition) is 2. The summed E-state index contributed by atoms with van der Waals surface area (Å²) in [6, 6.07) is 20.5. The number of hydrogen-bond acceptors (Lipinski definition) is 2. The van der Waals surface area contributed by atoms with Crippen molar-refractivity contribution in [2.75, 3.05) is 6.54 Å². The molecule has 0 spiro atoms. The second-order valence-corrected chi connectivity index (χ2v) is 9.45. The topological polar surface area (TPSA) is 40.7 Å². The molecule has 2 aromatic heterocycles. The number of nitrogens with one attached hydrogen (secondary N) is 2. The molecule has 1 fully saturated rings. The Balaban J connectivity index is 1.33. The van der Waals surface area contributed by atoms with Crippen LogP contribution in [0.15, 0.2) is 67.0 Å². The fourth-order valence-corrected chi connectivity index (χ4v) is 5.52. The smallest absolute Gasteiger partial charge is 0.0498 e. The molecule has 164 valence electrons. The Morgan fingerprint density at radius 3 is 2.66 bits per heavy atom. The van der Waals surface area contributed by atoms with Gasteiger partial charge in [-0.25, -0.2) is 0 Å². The first-order valence-corrected chi connectivity index (χ1v) is 12.0. The largest absolute Gasteiger partial charge is 0.354 e. The van der Waals surface area contributed by atoms with E-state index in [0.717, 1.165) is 13.0 Å². The summed E-state index contributed by atoms with van der Waals surface area (Å²) in [5.74, 6) is 0.633. The van der Waals surface area contributed by atoms with Crippen LogP contribution in [0.2, 0.25) is 0 Å². The average Bonchev–Trinajstić information content (AvgIpc) is 3.18. The summed E-state index contributed by atoms with van der Waals surface area (Å²) in [5.41, 5.74) is 9.24. The van der Waals surface area contributed by atoms with Crippen LogP contribution in [0.4, 0.5) is 0 Å². The van der Waals surface area contributed by atoms with Crippen LogP contribution in [0.25, 0.3) is 22.2 Å². The summed E-state index contributed by atoms with van der Waals surface area (Å²) in [6.07, 6.45) is 10.0. The molecule has 0 bridgehead atoms. The molecule has 0 aliphatic heterocycles. The lowest BCUT2D eigenvalue weighted by Crippen LogP contribution is -2.34. The van der Waals surface area contributed by atoms with E-state index < -0.39 is 0 Å². The van der Waals surface area contributed by atoms with Crippen molar-refractivity contribution in [1.82, 2.24) is 15.3 Å². The Morgan fingerprint density at radius 1 is 1.00 bits per heavy atom. The van der Waals surface area contributed by atoms with Crippen molar-refractivity contribution >= 4 is 10.9 Å². The van der Waals surface area contributed by atoms with E-state index in [-0.39, 0.29) is 0 Å². The molecule has 0 amide bonds. The van der Waals surface area contributed by atoms with Crippen LogP contribution in [0.5, 0.6) is 0 Å². The highest BCUT2D eigenvalue weighted by molar-refractivity contribution is 5.91. The normalized spacial score (nSPS) is 18.8. The minimum Gasteiger partial charge on any atom is -0.354 e. The zero-order chi connectivity index (χ0) is 21.9. The van der Waals surface area contributed by atoms with Crippen molar-refractivity contribution < 1.29 is 0 Å². The fraction of sp³-hybridized carbons (Fsp3) is 0.345. The molecule has 1 aliphatic rings. The van der Waals surface area contributed by atoms with E-state index in [2.05, 4.69) is 89.9 Å². The average molecular weight is 424 g/mol. The van der Waals surface area contributed by atoms with Crippen LogP contribution in [0, 0.1) is 13.8 Å². The maximum atomic E-state index is 4.34. The van der Waals surface area contributed by atoms with Gasteiger partial charge in [0.05, 0.1) is 0 Å². The van der Waals surface area contributed by atoms with Crippen LogP contribution in [-0.2, 0) is 6.42 Å². The first kappa shape index (κ1) is 21.0. The van der Waals surface area contributed by atoms with Crippen molar-refractivity contribution in [1.29, 1.82) is 0 Å². The molecule has 1 aliphatic carbocycles. The number of H-pyrrole nitrogens is 1. The highest BCUT2D eigenvalue weighted by atomic mass is 14.9. The maximum absolute atomic E-state index is 4.34. The Kier molecular flexibility index (Phi) is 6.09. The molecule has 3 heteroatoms. The molecule has 2 heterocycles. The zero-order valence-corrected chi connectivity index (χ0v) is 19.2. The van der Waals surface area contributed by atoms with Gasteiger partial charge >= 0.3 is 0 Å². The van der Waals surface area contributed by atoms with Crippen molar-refractivity contribution in [2.24, 2.45) is 0 Å². The van der Waals surface area contributed by atoms with E-state index in [1.54, 1.807) is 0 Å². The van der Waals surface area contributed by atoms with E-state index in [1.165, 1.54) is 70.1 Å². The van der Waals surface area contributed by atoms with Gasteiger partial charge < -0.3 is 10.3 Å². The summed E-state index contributed by atoms with van der Waals surface area (Å²) in [5, 5.41) is 5.24. The Labute approximate surface area is 191 Å². The number of pyridine rings is 1. The van der Waals surface area contributed by atoms with Gasteiger partial charge in [-0.1, -0.05) is 47.9 Å². The number of aromatic nitrogens is 2. The second kappa shape index (κ2) is 9.30. The summed E-state index contributed by atoms with van der Waals surface area (Å²) < 4.78 is 0. The van der Waals surface area contributed by atoms with Crippen LogP contribution < -0.4 is 5.32 Å². The van der Waals surface area contributed by atoms with E-state index >= 15 is 0 Å². The summed E-state index contributed by atoms with van der Waals surface area (Å²) in [6.45, 7) is 5.37. The lowest BCUT2D eigenvalue weighted by Gasteiger charge is -2.30. The maximum Gasteiger partial charge on any atom is 0.0498 e. The van der Waals surface area contributed by atoms with Gasteiger partial charge in [0.25, 0.3) is 0 Å². The van der Waals surface area contributed by atoms with E-state index in [0.29, 0.717) is 12.0 Å². The first-order chi connectivity index (χ1) is 15.7. The Bertz CT molecular complexity index is 1170. The molecule has 32 heavy (non-hydrogen) atoms. The van der Waals surface area contributed by atoms with Gasteiger partial charge in [-0.05, 0) is 92.9 Å². The van der Waals surface area contributed by atoms with Gasteiger partial charge in [0.15, 0.2) is 0 Å². The van der Waals surface area contributed by atoms with Gasteiger partial charge in [0, 0.05) is 35.0 Å². The van der Waals surface area contributed by atoms with Crippen molar-refractivity contribution in [2.45, 2.75) is 57.9 Å². The third kappa shape index (κ3) is 4.49. The predicted octanol–water partition coefficient (Wildman–Crippen LogP) is 6.71. The van der Waals surface area contributed by atoms with E-state index in [1.807, 2.05) is 6.20 Å². The monoisotopic (exact) mass is 423 g/mol. The third-order valence-corrected chi connectivity index (χ3v) is 6.96. The molecule has 2 atom stereocenters. The predicted molar refractivity (Wildman–Crippen MR) is 134 cm³/mol. The van der Waals surface area contributed by atoms with E-state index in [9.17, 15) is 0 Å². The molecule has 1 saturated carbocycles. The van der Waals surface area contributed by atoms with Gasteiger partial charge in [-0.15, -0.1) is 0 Å². The minimum absolute atomic E-state index is 0.587. The molecular formula is C29H33N3. The van der Waals surface area contributed by atoms with Crippen LogP contribution in [0.3, 0.4) is 0 Å². The highest BCUT2D eigenvalue weighted by Crippen LogP contribution is 2.34. The molecule has 2 N–H and O–H groups in total. The van der Waals surface area contributed by atoms with Crippen LogP contribution in [-0.4, -0.2) is 22.6 Å². The van der Waals surface area contributed by atoms with Gasteiger partial charge in [-0.3, -0.25) is 4.98 Å². The summed E-state index contributed by atoms with van der Waals surface area (Å²) >= 11 is 0. The van der Waals surface area contributed by atoms with Gasteiger partial charge in [0.2, 0.25) is 0 Å². The quantitative estimate of drug-likeness (QED) is 0.362. The van der Waals surface area contributed by atoms with E-state index in [4.69, 9.17) is 0 Å². The van der Waals surface area contributed by atoms with Crippen molar-refractivity contribution in [3.05, 3.63) is 89.2 Å². The molecule has 4 aromatic rings. The lowest BCUT2D eigenvalue weighted by atomic mass is 9.82. The molecule has 2 unspecified atom stereocenters. The Morgan fingerprint density at radius 2 is 1.84 bits per heavy atom. The number of para-hydroxylation sites is 1. The number of nitrogens with zero attached hydrogens (tertiary/aromatic N) is 1. The molecule has 5 rings (SSSR count). The van der Waals surface area contributed by atoms with Gasteiger partial charge in [-0.2, -0.15) is 0 Å². The standard InChI is InChI=1S/C29H33N3/c1-20-15-21(2)17-24(16-20)29-27(26-10-3-4-11-28(26)32-29)12-14-31-25-9-5-7-22(18-25)23-8-6-13-30-19-23/h3-4,6,8,10-11,13,15-17,19,22,25,31-32H,5,7,9,12,14,18H2,1-2H3.